The van der Waals surface area contributed by atoms with E-state index in [-0.39, 0.29) is 0 Å². The Morgan fingerprint density at radius 2 is 1.56 bits per heavy atom. The number of hydrogen-bond donors (Lipinski definition) is 1. The molecule has 1 atom stereocenters. The molecule has 90 valence electrons. The molecule has 16 heavy (non-hydrogen) atoms. The molecule has 0 aliphatic carbocycles. The third-order valence-corrected chi connectivity index (χ3v) is 3.25. The summed E-state index contributed by atoms with van der Waals surface area (Å²) in [7, 11) is 0. The zero-order valence-electron chi connectivity index (χ0n) is 11.5. The number of hydrogen-bond acceptors (Lipinski definition) is 1. The summed E-state index contributed by atoms with van der Waals surface area (Å²) in [5.74, 6) is 0.671. The summed E-state index contributed by atoms with van der Waals surface area (Å²) in [5, 5.41) is 3.69. The number of rotatable bonds is 4. The minimum absolute atomic E-state index is 0.570. The van der Waals surface area contributed by atoms with Crippen molar-refractivity contribution in [1.29, 1.82) is 0 Å². The van der Waals surface area contributed by atoms with Crippen molar-refractivity contribution < 1.29 is 0 Å². The van der Waals surface area contributed by atoms with E-state index in [0.29, 0.717) is 12.0 Å². The number of anilines is 1. The topological polar surface area (TPSA) is 12.0 Å². The van der Waals surface area contributed by atoms with Crippen molar-refractivity contribution >= 4 is 5.69 Å². The fraction of sp³-hybridized carbons (Fsp3) is 0.600. The SMILES string of the molecule is CCC(Nc1c(C)cc(C)cc1C)C(C)C. The van der Waals surface area contributed by atoms with Crippen molar-refractivity contribution in [2.24, 2.45) is 5.92 Å². The van der Waals surface area contributed by atoms with Gasteiger partial charge in [0.25, 0.3) is 0 Å². The Morgan fingerprint density at radius 1 is 1.06 bits per heavy atom. The molecule has 0 aromatic heterocycles. The second-order valence-electron chi connectivity index (χ2n) is 5.18. The Bertz CT molecular complexity index is 329. The van der Waals surface area contributed by atoms with Crippen LogP contribution in [0, 0.1) is 26.7 Å². The number of nitrogens with one attached hydrogen (secondary N) is 1. The molecule has 0 radical (unpaired) electrons. The Labute approximate surface area is 100 Å². The highest BCUT2D eigenvalue weighted by atomic mass is 14.9. The van der Waals surface area contributed by atoms with E-state index >= 15 is 0 Å². The van der Waals surface area contributed by atoms with Crippen LogP contribution in [0.3, 0.4) is 0 Å². The summed E-state index contributed by atoms with van der Waals surface area (Å²) < 4.78 is 0. The molecule has 0 aliphatic heterocycles. The van der Waals surface area contributed by atoms with Gasteiger partial charge in [0, 0.05) is 11.7 Å². The van der Waals surface area contributed by atoms with Crippen molar-refractivity contribution in [2.75, 3.05) is 5.32 Å². The van der Waals surface area contributed by atoms with Gasteiger partial charge in [0.1, 0.15) is 0 Å². The van der Waals surface area contributed by atoms with Crippen LogP contribution < -0.4 is 5.32 Å². The first-order chi connectivity index (χ1) is 7.45. The molecule has 1 nitrogen and oxygen atoms in total. The van der Waals surface area contributed by atoms with E-state index in [9.17, 15) is 0 Å². The zero-order valence-corrected chi connectivity index (χ0v) is 11.5. The van der Waals surface area contributed by atoms with Crippen LogP contribution in [0.15, 0.2) is 12.1 Å². The molecule has 1 aromatic carbocycles. The molecule has 1 heteroatoms. The molecule has 0 heterocycles. The monoisotopic (exact) mass is 219 g/mol. The highest BCUT2D eigenvalue weighted by Gasteiger charge is 2.13. The Kier molecular flexibility index (Phi) is 4.40. The molecule has 1 rings (SSSR count). The predicted molar refractivity (Wildman–Crippen MR) is 73.2 cm³/mol. The average Bonchev–Trinajstić information content (AvgIpc) is 2.15. The fourth-order valence-electron chi connectivity index (χ4n) is 2.33. The number of benzene rings is 1. The molecule has 0 saturated heterocycles. The lowest BCUT2D eigenvalue weighted by Gasteiger charge is -2.24. The fourth-order valence-corrected chi connectivity index (χ4v) is 2.33. The lowest BCUT2D eigenvalue weighted by atomic mass is 9.99. The van der Waals surface area contributed by atoms with Gasteiger partial charge in [-0.1, -0.05) is 38.5 Å². The van der Waals surface area contributed by atoms with Gasteiger partial charge in [-0.2, -0.15) is 0 Å². The van der Waals surface area contributed by atoms with Gasteiger partial charge in [-0.15, -0.1) is 0 Å². The third kappa shape index (κ3) is 3.01. The molecule has 0 aliphatic rings. The van der Waals surface area contributed by atoms with Gasteiger partial charge in [0.2, 0.25) is 0 Å². The molecule has 1 aromatic rings. The Hall–Kier alpha value is -0.980. The van der Waals surface area contributed by atoms with Crippen molar-refractivity contribution in [3.05, 3.63) is 28.8 Å². The smallest absolute Gasteiger partial charge is 0.0402 e. The molecular weight excluding hydrogens is 194 g/mol. The van der Waals surface area contributed by atoms with E-state index in [2.05, 4.69) is 59.0 Å². The van der Waals surface area contributed by atoms with Gasteiger partial charge in [0.05, 0.1) is 0 Å². The van der Waals surface area contributed by atoms with Gasteiger partial charge in [-0.3, -0.25) is 0 Å². The van der Waals surface area contributed by atoms with Gasteiger partial charge >= 0.3 is 0 Å². The van der Waals surface area contributed by atoms with E-state index in [4.69, 9.17) is 0 Å². The molecule has 0 spiro atoms. The second-order valence-corrected chi connectivity index (χ2v) is 5.18. The van der Waals surface area contributed by atoms with Crippen molar-refractivity contribution in [3.63, 3.8) is 0 Å². The maximum atomic E-state index is 3.69. The summed E-state index contributed by atoms with van der Waals surface area (Å²) in [6.45, 7) is 13.3. The molecule has 1 N–H and O–H groups in total. The normalized spacial score (nSPS) is 12.9. The zero-order chi connectivity index (χ0) is 12.3. The van der Waals surface area contributed by atoms with Gasteiger partial charge < -0.3 is 5.32 Å². The van der Waals surface area contributed by atoms with Crippen LogP contribution in [0.5, 0.6) is 0 Å². The lowest BCUT2D eigenvalue weighted by Crippen LogP contribution is -2.25. The molecule has 0 fully saturated rings. The summed E-state index contributed by atoms with van der Waals surface area (Å²) in [5.41, 5.74) is 5.39. The molecule has 0 bridgehead atoms. The van der Waals surface area contributed by atoms with E-state index in [1.54, 1.807) is 0 Å². The van der Waals surface area contributed by atoms with E-state index < -0.39 is 0 Å². The van der Waals surface area contributed by atoms with Gasteiger partial charge in [-0.25, -0.2) is 0 Å². The summed E-state index contributed by atoms with van der Waals surface area (Å²) in [6.07, 6.45) is 1.17. The van der Waals surface area contributed by atoms with Gasteiger partial charge in [0.15, 0.2) is 0 Å². The van der Waals surface area contributed by atoms with Crippen molar-refractivity contribution in [2.45, 2.75) is 54.0 Å². The van der Waals surface area contributed by atoms with E-state index in [0.717, 1.165) is 0 Å². The maximum absolute atomic E-state index is 3.69. The van der Waals surface area contributed by atoms with E-state index in [1.165, 1.54) is 28.8 Å². The highest BCUT2D eigenvalue weighted by molar-refractivity contribution is 5.58. The minimum atomic E-state index is 0.570. The first-order valence-corrected chi connectivity index (χ1v) is 6.30. The van der Waals surface area contributed by atoms with Crippen LogP contribution in [0.4, 0.5) is 5.69 Å². The van der Waals surface area contributed by atoms with Crippen LogP contribution in [-0.2, 0) is 0 Å². The molecular formula is C15H25N. The van der Waals surface area contributed by atoms with Crippen LogP contribution in [0.2, 0.25) is 0 Å². The molecule has 1 unspecified atom stereocenters. The first kappa shape index (κ1) is 13.1. The quantitative estimate of drug-likeness (QED) is 0.788. The maximum Gasteiger partial charge on any atom is 0.0402 e. The molecule has 0 saturated carbocycles. The van der Waals surface area contributed by atoms with E-state index in [1.807, 2.05) is 0 Å². The highest BCUT2D eigenvalue weighted by Crippen LogP contribution is 2.24. The predicted octanol–water partition coefficient (Wildman–Crippen LogP) is 4.46. The standard InChI is InChI=1S/C15H25N/c1-7-14(10(2)3)16-15-12(5)8-11(4)9-13(15)6/h8-10,14,16H,7H2,1-6H3. The van der Waals surface area contributed by atoms with Gasteiger partial charge in [-0.05, 0) is 44.2 Å². The number of aryl methyl sites for hydroxylation is 3. The minimum Gasteiger partial charge on any atom is -0.382 e. The first-order valence-electron chi connectivity index (χ1n) is 6.30. The average molecular weight is 219 g/mol. The van der Waals surface area contributed by atoms with Crippen LogP contribution >= 0.6 is 0 Å². The van der Waals surface area contributed by atoms with Crippen molar-refractivity contribution in [3.8, 4) is 0 Å². The van der Waals surface area contributed by atoms with Crippen LogP contribution in [0.25, 0.3) is 0 Å². The van der Waals surface area contributed by atoms with Crippen LogP contribution in [-0.4, -0.2) is 6.04 Å². The van der Waals surface area contributed by atoms with Crippen molar-refractivity contribution in [1.82, 2.24) is 0 Å². The summed E-state index contributed by atoms with van der Waals surface area (Å²) in [6, 6.07) is 5.07. The summed E-state index contributed by atoms with van der Waals surface area (Å²) >= 11 is 0. The lowest BCUT2D eigenvalue weighted by molar-refractivity contribution is 0.511. The van der Waals surface area contributed by atoms with Crippen LogP contribution in [0.1, 0.15) is 43.9 Å². The Balaban J connectivity index is 2.96. The summed E-state index contributed by atoms with van der Waals surface area (Å²) in [4.78, 5) is 0. The third-order valence-electron chi connectivity index (χ3n) is 3.25. The largest absolute Gasteiger partial charge is 0.382 e. The Morgan fingerprint density at radius 3 is 1.94 bits per heavy atom. The molecule has 0 amide bonds. The second kappa shape index (κ2) is 5.38.